The SMILES string of the molecule is CCCCc1c(OC)cc(OC)cc1S(N)(=O)=O. The summed E-state index contributed by atoms with van der Waals surface area (Å²) in [7, 11) is -0.826. The van der Waals surface area contributed by atoms with E-state index in [0.717, 1.165) is 12.8 Å². The van der Waals surface area contributed by atoms with Crippen molar-refractivity contribution in [3.05, 3.63) is 17.7 Å². The number of sulfonamides is 1. The first-order chi connectivity index (χ1) is 8.43. The Morgan fingerprint density at radius 1 is 1.22 bits per heavy atom. The zero-order valence-corrected chi connectivity index (χ0v) is 11.7. The van der Waals surface area contributed by atoms with E-state index in [-0.39, 0.29) is 4.90 Å². The number of methoxy groups -OCH3 is 2. The van der Waals surface area contributed by atoms with Gasteiger partial charge in [-0.1, -0.05) is 13.3 Å². The summed E-state index contributed by atoms with van der Waals surface area (Å²) in [5.41, 5.74) is 0.614. The van der Waals surface area contributed by atoms with Gasteiger partial charge < -0.3 is 9.47 Å². The minimum atomic E-state index is -3.79. The minimum Gasteiger partial charge on any atom is -0.497 e. The summed E-state index contributed by atoms with van der Waals surface area (Å²) in [6, 6.07) is 3.10. The van der Waals surface area contributed by atoms with Crippen LogP contribution in [0.15, 0.2) is 17.0 Å². The summed E-state index contributed by atoms with van der Waals surface area (Å²) in [5.74, 6) is 0.906. The highest BCUT2D eigenvalue weighted by Gasteiger charge is 2.19. The molecule has 0 bridgehead atoms. The van der Waals surface area contributed by atoms with Crippen molar-refractivity contribution in [3.8, 4) is 11.5 Å². The molecule has 1 rings (SSSR count). The Bertz CT molecular complexity index is 511. The molecule has 0 aliphatic carbocycles. The van der Waals surface area contributed by atoms with Crippen molar-refractivity contribution in [3.63, 3.8) is 0 Å². The number of unbranched alkanes of at least 4 members (excludes halogenated alkanes) is 1. The molecule has 0 spiro atoms. The maximum atomic E-state index is 11.6. The highest BCUT2D eigenvalue weighted by Crippen LogP contribution is 2.32. The molecule has 0 fully saturated rings. The molecule has 102 valence electrons. The fourth-order valence-electron chi connectivity index (χ4n) is 1.75. The van der Waals surface area contributed by atoms with E-state index in [9.17, 15) is 8.42 Å². The van der Waals surface area contributed by atoms with Gasteiger partial charge >= 0.3 is 0 Å². The second-order valence-corrected chi connectivity index (χ2v) is 5.48. The monoisotopic (exact) mass is 273 g/mol. The largest absolute Gasteiger partial charge is 0.497 e. The number of nitrogens with two attached hydrogens (primary N) is 1. The van der Waals surface area contributed by atoms with Gasteiger partial charge in [0.25, 0.3) is 0 Å². The van der Waals surface area contributed by atoms with Crippen molar-refractivity contribution >= 4 is 10.0 Å². The van der Waals surface area contributed by atoms with Crippen LogP contribution in [0.2, 0.25) is 0 Å². The molecule has 0 saturated heterocycles. The van der Waals surface area contributed by atoms with Crippen molar-refractivity contribution < 1.29 is 17.9 Å². The minimum absolute atomic E-state index is 0.0761. The Kier molecular flexibility index (Phi) is 4.98. The number of ether oxygens (including phenoxy) is 2. The molecular weight excluding hydrogens is 254 g/mol. The standard InChI is InChI=1S/C12H19NO4S/c1-4-5-6-10-11(17-3)7-9(16-2)8-12(10)18(13,14)15/h7-8H,4-6H2,1-3H3,(H2,13,14,15). The molecule has 0 aliphatic heterocycles. The van der Waals surface area contributed by atoms with E-state index in [0.29, 0.717) is 23.5 Å². The van der Waals surface area contributed by atoms with Crippen LogP contribution >= 0.6 is 0 Å². The smallest absolute Gasteiger partial charge is 0.238 e. The quantitative estimate of drug-likeness (QED) is 0.855. The molecule has 0 radical (unpaired) electrons. The highest BCUT2D eigenvalue weighted by molar-refractivity contribution is 7.89. The van der Waals surface area contributed by atoms with Gasteiger partial charge in [0.1, 0.15) is 11.5 Å². The lowest BCUT2D eigenvalue weighted by atomic mass is 10.1. The van der Waals surface area contributed by atoms with Crippen molar-refractivity contribution in [1.82, 2.24) is 0 Å². The average Bonchev–Trinajstić information content (AvgIpc) is 2.34. The van der Waals surface area contributed by atoms with Crippen LogP contribution in [0.5, 0.6) is 11.5 Å². The van der Waals surface area contributed by atoms with Gasteiger partial charge in [0.05, 0.1) is 19.1 Å². The Morgan fingerprint density at radius 2 is 1.89 bits per heavy atom. The molecule has 0 saturated carbocycles. The van der Waals surface area contributed by atoms with E-state index in [4.69, 9.17) is 14.6 Å². The van der Waals surface area contributed by atoms with E-state index < -0.39 is 10.0 Å². The van der Waals surface area contributed by atoms with Crippen molar-refractivity contribution in [2.24, 2.45) is 5.14 Å². The number of benzene rings is 1. The van der Waals surface area contributed by atoms with Crippen LogP contribution in [-0.4, -0.2) is 22.6 Å². The molecular formula is C12H19NO4S. The van der Waals surface area contributed by atoms with E-state index in [1.807, 2.05) is 6.92 Å². The van der Waals surface area contributed by atoms with Crippen LogP contribution in [0.1, 0.15) is 25.3 Å². The second-order valence-electron chi connectivity index (χ2n) is 3.95. The van der Waals surface area contributed by atoms with Crippen molar-refractivity contribution in [2.45, 2.75) is 31.1 Å². The average molecular weight is 273 g/mol. The molecule has 0 heterocycles. The van der Waals surface area contributed by atoms with Gasteiger partial charge in [-0.3, -0.25) is 0 Å². The fraction of sp³-hybridized carbons (Fsp3) is 0.500. The van der Waals surface area contributed by atoms with Crippen LogP contribution in [0, 0.1) is 0 Å². The van der Waals surface area contributed by atoms with E-state index in [1.165, 1.54) is 20.3 Å². The van der Waals surface area contributed by atoms with Gasteiger partial charge in [-0.2, -0.15) is 0 Å². The predicted octanol–water partition coefficient (Wildman–Crippen LogP) is 1.69. The van der Waals surface area contributed by atoms with E-state index >= 15 is 0 Å². The first-order valence-electron chi connectivity index (χ1n) is 5.71. The summed E-state index contributed by atoms with van der Waals surface area (Å²) in [5, 5.41) is 5.24. The molecule has 0 aliphatic rings. The number of hydrogen-bond donors (Lipinski definition) is 1. The van der Waals surface area contributed by atoms with Crippen LogP contribution in [0.3, 0.4) is 0 Å². The third-order valence-electron chi connectivity index (χ3n) is 2.68. The Hall–Kier alpha value is -1.27. The molecule has 0 aromatic heterocycles. The molecule has 6 heteroatoms. The third-order valence-corrected chi connectivity index (χ3v) is 3.66. The van der Waals surface area contributed by atoms with Crippen molar-refractivity contribution in [1.29, 1.82) is 0 Å². The van der Waals surface area contributed by atoms with Crippen LogP contribution in [0.25, 0.3) is 0 Å². The fourth-order valence-corrected chi connectivity index (χ4v) is 2.58. The molecule has 5 nitrogen and oxygen atoms in total. The molecule has 2 N–H and O–H groups in total. The van der Waals surface area contributed by atoms with Gasteiger partial charge in [0.2, 0.25) is 10.0 Å². The van der Waals surface area contributed by atoms with Crippen LogP contribution in [-0.2, 0) is 16.4 Å². The predicted molar refractivity (Wildman–Crippen MR) is 69.5 cm³/mol. The van der Waals surface area contributed by atoms with Crippen LogP contribution in [0.4, 0.5) is 0 Å². The van der Waals surface area contributed by atoms with Gasteiger partial charge in [-0.05, 0) is 12.8 Å². The summed E-state index contributed by atoms with van der Waals surface area (Å²) in [6.45, 7) is 2.03. The van der Waals surface area contributed by atoms with Gasteiger partial charge in [-0.15, -0.1) is 0 Å². The highest BCUT2D eigenvalue weighted by atomic mass is 32.2. The maximum Gasteiger partial charge on any atom is 0.238 e. The zero-order chi connectivity index (χ0) is 13.8. The molecule has 0 amide bonds. The third kappa shape index (κ3) is 3.36. The number of primary sulfonamides is 1. The van der Waals surface area contributed by atoms with E-state index in [2.05, 4.69) is 0 Å². The Morgan fingerprint density at radius 3 is 2.33 bits per heavy atom. The second kappa shape index (κ2) is 6.06. The molecule has 0 unspecified atom stereocenters. The van der Waals surface area contributed by atoms with Crippen LogP contribution < -0.4 is 14.6 Å². The zero-order valence-electron chi connectivity index (χ0n) is 10.9. The number of hydrogen-bond acceptors (Lipinski definition) is 4. The normalized spacial score (nSPS) is 11.3. The van der Waals surface area contributed by atoms with E-state index in [1.54, 1.807) is 6.07 Å². The number of rotatable bonds is 6. The van der Waals surface area contributed by atoms with Gasteiger partial charge in [0, 0.05) is 17.7 Å². The lowest BCUT2D eigenvalue weighted by Gasteiger charge is -2.14. The lowest BCUT2D eigenvalue weighted by Crippen LogP contribution is -2.15. The molecule has 0 atom stereocenters. The van der Waals surface area contributed by atoms with Crippen molar-refractivity contribution in [2.75, 3.05) is 14.2 Å². The summed E-state index contributed by atoms with van der Waals surface area (Å²) in [4.78, 5) is 0.0761. The first kappa shape index (κ1) is 14.8. The lowest BCUT2D eigenvalue weighted by molar-refractivity contribution is 0.387. The van der Waals surface area contributed by atoms with Gasteiger partial charge in [-0.25, -0.2) is 13.6 Å². The molecule has 18 heavy (non-hydrogen) atoms. The maximum absolute atomic E-state index is 11.6. The first-order valence-corrected chi connectivity index (χ1v) is 7.26. The molecule has 1 aromatic rings. The Balaban J connectivity index is 3.42. The topological polar surface area (TPSA) is 78.6 Å². The Labute approximate surface area is 108 Å². The summed E-state index contributed by atoms with van der Waals surface area (Å²) < 4.78 is 33.5. The summed E-state index contributed by atoms with van der Waals surface area (Å²) >= 11 is 0. The molecule has 1 aromatic carbocycles. The van der Waals surface area contributed by atoms with Gasteiger partial charge in [0.15, 0.2) is 0 Å². The summed E-state index contributed by atoms with van der Waals surface area (Å²) in [6.07, 6.45) is 2.43.